The first-order chi connectivity index (χ1) is 15.6. The third-order valence-corrected chi connectivity index (χ3v) is 4.83. The molecule has 0 aliphatic heterocycles. The molecule has 12 nitrogen and oxygen atoms in total. The van der Waals surface area contributed by atoms with Crippen LogP contribution in [0.4, 0.5) is 0 Å². The van der Waals surface area contributed by atoms with Crippen LogP contribution in [-0.4, -0.2) is 43.9 Å². The van der Waals surface area contributed by atoms with Crippen LogP contribution >= 0.6 is 0 Å². The van der Waals surface area contributed by atoms with E-state index in [2.05, 4.69) is 9.72 Å². The number of aromatic amines is 1. The number of phenolic OH excluding ortho intramolecular Hbond substituents is 4. The zero-order valence-corrected chi connectivity index (χ0v) is 16.4. The number of carbonyl (C=O) groups is 2. The van der Waals surface area contributed by atoms with E-state index in [1.807, 2.05) is 0 Å². The number of nitrogens with two attached hydrogens (primary N) is 1. The lowest BCUT2D eigenvalue weighted by molar-refractivity contribution is -0.121. The minimum atomic E-state index is -1.34. The van der Waals surface area contributed by atoms with E-state index in [-0.39, 0.29) is 27.6 Å². The highest BCUT2D eigenvalue weighted by molar-refractivity contribution is 6.08. The molecule has 0 fully saturated rings. The fraction of sp³-hybridized carbons (Fsp3) is 0.0476. The molecule has 0 atom stereocenters. The van der Waals surface area contributed by atoms with Crippen molar-refractivity contribution in [1.29, 1.82) is 0 Å². The second kappa shape index (κ2) is 7.60. The first-order valence-electron chi connectivity index (χ1n) is 9.13. The van der Waals surface area contributed by atoms with Gasteiger partial charge in [0.2, 0.25) is 5.43 Å². The zero-order chi connectivity index (χ0) is 24.0. The molecule has 0 aliphatic rings. The summed E-state index contributed by atoms with van der Waals surface area (Å²) in [7, 11) is 0. The number of hydrogen-bond donors (Lipinski definition) is 6. The molecule has 0 saturated heterocycles. The second-order valence-corrected chi connectivity index (χ2v) is 6.93. The summed E-state index contributed by atoms with van der Waals surface area (Å²) in [5, 5.41) is 38.9. The van der Waals surface area contributed by atoms with E-state index in [0.717, 1.165) is 30.7 Å². The fourth-order valence-corrected chi connectivity index (χ4v) is 3.30. The van der Waals surface area contributed by atoms with Crippen LogP contribution in [0.25, 0.3) is 33.0 Å². The minimum Gasteiger partial charge on any atom is -0.504 e. The fourth-order valence-electron chi connectivity index (χ4n) is 3.30. The maximum Gasteiger partial charge on any atom is 0.343 e. The number of nitrogens with one attached hydrogen (secondary N) is 1. The number of hydrogen-bond acceptors (Lipinski definition) is 10. The number of primary amides is 1. The van der Waals surface area contributed by atoms with Crippen LogP contribution in [0.15, 0.2) is 44.7 Å². The normalized spacial score (nSPS) is 11.0. The van der Waals surface area contributed by atoms with Crippen molar-refractivity contribution in [2.45, 2.75) is 0 Å². The van der Waals surface area contributed by atoms with Crippen molar-refractivity contribution in [3.8, 4) is 34.1 Å². The zero-order valence-electron chi connectivity index (χ0n) is 16.4. The lowest BCUT2D eigenvalue weighted by Crippen LogP contribution is -2.22. The van der Waals surface area contributed by atoms with Crippen molar-refractivity contribution in [3.05, 3.63) is 56.7 Å². The van der Waals surface area contributed by atoms with Crippen LogP contribution in [0, 0.1) is 0 Å². The Kier molecular flexibility index (Phi) is 4.89. The monoisotopic (exact) mass is 454 g/mol. The highest BCUT2D eigenvalue weighted by atomic mass is 16.5. The molecule has 0 aliphatic carbocycles. The summed E-state index contributed by atoms with van der Waals surface area (Å²) in [6.07, 6.45) is 2.07. The molecule has 0 saturated carbocycles. The van der Waals surface area contributed by atoms with Crippen LogP contribution in [0.2, 0.25) is 0 Å². The van der Waals surface area contributed by atoms with Gasteiger partial charge < -0.3 is 40.3 Å². The summed E-state index contributed by atoms with van der Waals surface area (Å²) in [5.41, 5.74) is 1.80. The molecular weight excluding hydrogens is 440 g/mol. The first kappa shape index (κ1) is 21.2. The quantitative estimate of drug-likeness (QED) is 0.188. The highest BCUT2D eigenvalue weighted by Gasteiger charge is 2.26. The number of fused-ring (bicyclic) bond motifs is 2. The molecule has 0 unspecified atom stereocenters. The maximum absolute atomic E-state index is 13.3. The van der Waals surface area contributed by atoms with Gasteiger partial charge in [0.1, 0.15) is 17.4 Å². The standard InChI is InChI=1S/C21H14N2O10/c22-15(27)6-33-21(31)17-16-14(3-13(26)20(17)30)32-5-9(19(16)29)8-4-23-10-2-12(25)11(24)1-7(10)18(8)28/h1-5,24-26,30H,6H2,(H2,22,27)(H,23,28). The molecular formula is C21H14N2O10. The Morgan fingerprint density at radius 3 is 2.36 bits per heavy atom. The van der Waals surface area contributed by atoms with Gasteiger partial charge in [-0.15, -0.1) is 0 Å². The number of amides is 1. The second-order valence-electron chi connectivity index (χ2n) is 6.93. The van der Waals surface area contributed by atoms with Gasteiger partial charge in [-0.05, 0) is 6.07 Å². The van der Waals surface area contributed by atoms with Crippen molar-refractivity contribution in [2.24, 2.45) is 5.73 Å². The van der Waals surface area contributed by atoms with Gasteiger partial charge in [-0.3, -0.25) is 14.4 Å². The number of pyridine rings is 1. The van der Waals surface area contributed by atoms with E-state index in [0.29, 0.717) is 0 Å². The molecule has 2 aromatic carbocycles. The van der Waals surface area contributed by atoms with Crippen molar-refractivity contribution in [2.75, 3.05) is 6.61 Å². The van der Waals surface area contributed by atoms with Crippen LogP contribution in [-0.2, 0) is 9.53 Å². The van der Waals surface area contributed by atoms with Crippen LogP contribution in [0.1, 0.15) is 10.4 Å². The summed E-state index contributed by atoms with van der Waals surface area (Å²) in [4.78, 5) is 52.3. The van der Waals surface area contributed by atoms with Crippen LogP contribution in [0.3, 0.4) is 0 Å². The number of esters is 1. The number of carbonyl (C=O) groups excluding carboxylic acids is 2. The summed E-state index contributed by atoms with van der Waals surface area (Å²) >= 11 is 0. The van der Waals surface area contributed by atoms with Crippen molar-refractivity contribution < 1.29 is 39.2 Å². The number of aromatic nitrogens is 1. The smallest absolute Gasteiger partial charge is 0.343 e. The predicted molar refractivity (Wildman–Crippen MR) is 112 cm³/mol. The molecule has 12 heteroatoms. The van der Waals surface area contributed by atoms with Crippen molar-refractivity contribution in [3.63, 3.8) is 0 Å². The first-order valence-corrected chi connectivity index (χ1v) is 9.13. The molecule has 2 heterocycles. The highest BCUT2D eigenvalue weighted by Crippen LogP contribution is 2.36. The summed E-state index contributed by atoms with van der Waals surface area (Å²) in [6.45, 7) is -0.860. The molecule has 1 amide bonds. The van der Waals surface area contributed by atoms with E-state index >= 15 is 0 Å². The molecule has 0 radical (unpaired) electrons. The molecule has 0 bridgehead atoms. The number of H-pyrrole nitrogens is 1. The van der Waals surface area contributed by atoms with E-state index in [9.17, 15) is 39.6 Å². The summed E-state index contributed by atoms with van der Waals surface area (Å²) < 4.78 is 9.98. The molecule has 0 spiro atoms. The third-order valence-electron chi connectivity index (χ3n) is 4.83. The molecule has 2 aromatic heterocycles. The summed E-state index contributed by atoms with van der Waals surface area (Å²) in [5.74, 6) is -5.18. The predicted octanol–water partition coefficient (Wildman–Crippen LogP) is 0.766. The van der Waals surface area contributed by atoms with E-state index in [4.69, 9.17) is 10.2 Å². The van der Waals surface area contributed by atoms with Crippen LogP contribution < -0.4 is 16.6 Å². The lowest BCUT2D eigenvalue weighted by atomic mass is 10.0. The number of ether oxygens (including phenoxy) is 1. The number of rotatable bonds is 4. The average molecular weight is 454 g/mol. The van der Waals surface area contributed by atoms with Crippen LogP contribution in [0.5, 0.6) is 23.0 Å². The lowest BCUT2D eigenvalue weighted by Gasteiger charge is -2.10. The molecule has 168 valence electrons. The van der Waals surface area contributed by atoms with Gasteiger partial charge in [-0.1, -0.05) is 0 Å². The molecule has 33 heavy (non-hydrogen) atoms. The van der Waals surface area contributed by atoms with Crippen molar-refractivity contribution >= 4 is 33.7 Å². The van der Waals surface area contributed by atoms with Gasteiger partial charge in [-0.25, -0.2) is 4.79 Å². The Hall–Kier alpha value is -5.00. The molecule has 4 rings (SSSR count). The van der Waals surface area contributed by atoms with E-state index in [1.54, 1.807) is 0 Å². The van der Waals surface area contributed by atoms with E-state index in [1.165, 1.54) is 0 Å². The molecule has 7 N–H and O–H groups in total. The Bertz CT molecular complexity index is 1600. The van der Waals surface area contributed by atoms with Gasteiger partial charge in [0.15, 0.2) is 35.0 Å². The van der Waals surface area contributed by atoms with Gasteiger partial charge in [0.05, 0.1) is 27.4 Å². The number of benzene rings is 2. The topological polar surface area (TPSA) is 213 Å². The minimum absolute atomic E-state index is 0.0584. The Balaban J connectivity index is 2.01. The third kappa shape index (κ3) is 3.44. The average Bonchev–Trinajstić information content (AvgIpc) is 2.76. The van der Waals surface area contributed by atoms with Gasteiger partial charge in [-0.2, -0.15) is 0 Å². The number of phenols is 4. The van der Waals surface area contributed by atoms with Crippen molar-refractivity contribution in [1.82, 2.24) is 4.98 Å². The largest absolute Gasteiger partial charge is 0.504 e. The van der Waals surface area contributed by atoms with Gasteiger partial charge in [0.25, 0.3) is 5.91 Å². The summed E-state index contributed by atoms with van der Waals surface area (Å²) in [6, 6.07) is 3.00. The Morgan fingerprint density at radius 1 is 0.970 bits per heavy atom. The SMILES string of the molecule is NC(=O)COC(=O)c1c(O)c(O)cc2occ(-c3c[nH]c4cc(O)c(O)cc4c3=O)c(=O)c12. The number of aromatic hydroxyl groups is 4. The Labute approximate surface area is 181 Å². The van der Waals surface area contributed by atoms with Gasteiger partial charge >= 0.3 is 5.97 Å². The van der Waals surface area contributed by atoms with Gasteiger partial charge in [0, 0.05) is 18.3 Å². The van der Waals surface area contributed by atoms with E-state index < -0.39 is 63.3 Å². The maximum atomic E-state index is 13.3. The Morgan fingerprint density at radius 2 is 1.67 bits per heavy atom. The molecule has 4 aromatic rings.